The fourth-order valence-corrected chi connectivity index (χ4v) is 65.1. The zero-order chi connectivity index (χ0) is 70.7. The van der Waals surface area contributed by atoms with Crippen LogP contribution in [0.15, 0.2) is 84.1 Å². The molecule has 0 spiro atoms. The topological polar surface area (TPSA) is 103 Å². The van der Waals surface area contributed by atoms with Gasteiger partial charge in [0.2, 0.25) is 0 Å². The standard InChI is InChI=1S/C33H33N4S6Si.C32H32N4S6Si.3C4H9.2CH4.Sn/c1-16(2)44(17(3)4,18(5)6)23-12-11-22(41-23)31-36-26-24(32-34-13-14-38-32)28-27(37-30(42-28)21-10-9-19(7)39-21)25(29(26)43-31)33-35-15-20(8)40-33;1-16(2)43(17(3)4,18(5)6)22-11-10-21(40-22)30-36-26-24(32-34-13-15-38-32)27-25(23(28(26)42-30)31-33-12-14-37-31)35-29(41-27)20-9-8-19(7)39-20;3*1-3-4-2;;;/h9-13,15-18H,1-8H3;8-18H,1-7H3;3*1,3-4H2,2H3;2*1H4;. The van der Waals surface area contributed by atoms with Crippen LogP contribution in [-0.4, -0.2) is 74.4 Å². The summed E-state index contributed by atoms with van der Waals surface area (Å²) in [6.07, 6.45) is 16.0. The van der Waals surface area contributed by atoms with Crippen LogP contribution >= 0.6 is 136 Å². The fourth-order valence-electron chi connectivity index (χ4n) is 16.5. The minimum Gasteiger partial charge on any atom is -0.244 e. The average molecular weight is 1720 g/mol. The largest absolute Gasteiger partial charge is 0.244 e. The van der Waals surface area contributed by atoms with Crippen molar-refractivity contribution in [1.82, 2.24) is 39.9 Å². The number of aryl methyl sites for hydroxylation is 3. The number of hydrogen-bond acceptors (Lipinski definition) is 20. The smallest absolute Gasteiger partial charge is 0.134 e. The van der Waals surface area contributed by atoms with Crippen LogP contribution in [0.25, 0.3) is 123 Å². The Morgan fingerprint density at radius 2 is 0.667 bits per heavy atom. The third-order valence-corrected chi connectivity index (χ3v) is 67.6. The van der Waals surface area contributed by atoms with Crippen LogP contribution in [0.3, 0.4) is 0 Å². The van der Waals surface area contributed by atoms with Gasteiger partial charge in [0.15, 0.2) is 0 Å². The number of thiazole rings is 8. The van der Waals surface area contributed by atoms with Gasteiger partial charge in [0.1, 0.15) is 28.1 Å². The molecular weight excluding hydrogens is 1620 g/mol. The Labute approximate surface area is 660 Å². The molecule has 8 nitrogen and oxygen atoms in total. The van der Waals surface area contributed by atoms with Crippen molar-refractivity contribution in [3.05, 3.63) is 98.7 Å². The molecule has 0 radical (unpaired) electrons. The summed E-state index contributed by atoms with van der Waals surface area (Å²) < 4.78 is 13.9. The molecule has 12 heterocycles. The molecule has 0 fully saturated rings. The average Bonchev–Trinajstić information content (AvgIpc) is 1.56. The number of benzene rings is 2. The molecule has 102 heavy (non-hydrogen) atoms. The van der Waals surface area contributed by atoms with Gasteiger partial charge in [-0.05, 0) is 46.2 Å². The molecule has 0 amide bonds. The van der Waals surface area contributed by atoms with Gasteiger partial charge in [-0.1, -0.05) is 104 Å². The van der Waals surface area contributed by atoms with Crippen molar-refractivity contribution < 1.29 is 0 Å². The van der Waals surface area contributed by atoms with E-state index in [-0.39, 0.29) is 14.9 Å². The molecule has 0 aliphatic carbocycles. The molecule has 2 aromatic carbocycles. The van der Waals surface area contributed by atoms with Crippen LogP contribution in [0, 0.1) is 20.8 Å². The monoisotopic (exact) mass is 1720 g/mol. The van der Waals surface area contributed by atoms with Crippen molar-refractivity contribution >= 4 is 223 Å². The Bertz CT molecular complexity index is 4960. The zero-order valence-electron chi connectivity index (χ0n) is 60.9. The quantitative estimate of drug-likeness (QED) is 0.0494. The molecule has 0 atom stereocenters. The molecule has 0 saturated heterocycles. The van der Waals surface area contributed by atoms with Crippen molar-refractivity contribution in [2.24, 2.45) is 0 Å². The number of nitrogens with zero attached hydrogens (tertiary/aromatic N) is 8. The van der Waals surface area contributed by atoms with E-state index in [0.717, 1.165) is 88.2 Å². The van der Waals surface area contributed by atoms with Crippen LogP contribution in [0.2, 0.25) is 46.6 Å². The van der Waals surface area contributed by atoms with E-state index < -0.39 is 34.5 Å². The first-order valence-corrected chi connectivity index (χ1v) is 57.5. The SMILES string of the molecule is C.C.CCC[CH2][Sn]([CH2]CCC)([CH2]CCC)[c]1cnc(-c2c3nc(-c4ccc([Si](C(C)C)(C(C)C)C(C)C)s4)sc3c(-c3ncc(C)s3)c3nc(-c4ccc(C)s4)sc23)s1.Cc1ccc(-c2nc3c(-c4nccs4)c4sc(-c5ccc([Si](C(C)C)(C(C)C)C(C)C)s5)nc4c(-c4nccs4)c3s2)s1. The molecule has 0 aliphatic rings. The van der Waals surface area contributed by atoms with Crippen molar-refractivity contribution in [2.75, 3.05) is 0 Å². The second-order valence-corrected chi connectivity index (χ2v) is 68.2. The molecule has 0 N–H and O–H groups in total. The van der Waals surface area contributed by atoms with Crippen molar-refractivity contribution in [3.8, 4) is 81.8 Å². The van der Waals surface area contributed by atoms with Crippen LogP contribution in [0.1, 0.15) is 172 Å². The zero-order valence-corrected chi connectivity index (χ0v) is 75.5. The van der Waals surface area contributed by atoms with E-state index in [1.54, 1.807) is 79.9 Å². The van der Waals surface area contributed by atoms with E-state index in [9.17, 15) is 0 Å². The summed E-state index contributed by atoms with van der Waals surface area (Å²) in [7, 11) is -3.57. The van der Waals surface area contributed by atoms with Crippen LogP contribution in [0.4, 0.5) is 0 Å². The van der Waals surface area contributed by atoms with E-state index in [2.05, 4.69) is 190 Å². The number of thiophene rings is 4. The van der Waals surface area contributed by atoms with E-state index in [1.807, 2.05) is 86.6 Å². The molecular formula is C79H100N8S12Si2Sn. The van der Waals surface area contributed by atoms with Crippen LogP contribution in [-0.2, 0) is 0 Å². The van der Waals surface area contributed by atoms with Crippen LogP contribution < -0.4 is 11.9 Å². The van der Waals surface area contributed by atoms with Gasteiger partial charge in [-0.2, -0.15) is 0 Å². The van der Waals surface area contributed by atoms with Gasteiger partial charge in [-0.25, -0.2) is 19.9 Å². The van der Waals surface area contributed by atoms with Gasteiger partial charge in [-0.15, -0.1) is 68.0 Å². The van der Waals surface area contributed by atoms with Gasteiger partial charge < -0.3 is 0 Å². The molecule has 540 valence electrons. The first kappa shape index (κ1) is 79.6. The molecule has 12 aromatic heterocycles. The van der Waals surface area contributed by atoms with Gasteiger partial charge in [0.05, 0.1) is 41.3 Å². The fraction of sp³-hybridized carbons (Fsp3) is 0.443. The first-order chi connectivity index (χ1) is 48.1. The predicted molar refractivity (Wildman–Crippen MR) is 477 cm³/mol. The normalized spacial score (nSPS) is 12.5. The van der Waals surface area contributed by atoms with Gasteiger partial charge >= 0.3 is 333 Å². The van der Waals surface area contributed by atoms with E-state index >= 15 is 0 Å². The van der Waals surface area contributed by atoms with Crippen LogP contribution in [0.5, 0.6) is 0 Å². The van der Waals surface area contributed by atoms with Crippen molar-refractivity contribution in [1.29, 1.82) is 0 Å². The minimum atomic E-state index is -2.74. The van der Waals surface area contributed by atoms with Gasteiger partial charge in [0, 0.05) is 28.0 Å². The summed E-state index contributed by atoms with van der Waals surface area (Å²) in [5, 5.41) is 12.6. The minimum absolute atomic E-state index is 0. The third kappa shape index (κ3) is 14.6. The Hall–Kier alpha value is -3.45. The van der Waals surface area contributed by atoms with Gasteiger partial charge in [0.25, 0.3) is 0 Å². The third-order valence-electron chi connectivity index (χ3n) is 20.9. The summed E-state index contributed by atoms with van der Waals surface area (Å²) in [4.78, 5) is 50.9. The summed E-state index contributed by atoms with van der Waals surface area (Å²) in [5.41, 5.74) is 12.7. The summed E-state index contributed by atoms with van der Waals surface area (Å²) in [6, 6.07) is 18.4. The van der Waals surface area contributed by atoms with Crippen molar-refractivity contribution in [3.63, 3.8) is 0 Å². The first-order valence-electron chi connectivity index (χ1n) is 35.7. The predicted octanol–water partition coefficient (Wildman–Crippen LogP) is 29.2. The number of unbranched alkanes of at least 4 members (excludes halogenated alkanes) is 3. The van der Waals surface area contributed by atoms with E-state index in [4.69, 9.17) is 39.9 Å². The maximum atomic E-state index is 5.73. The molecule has 0 saturated carbocycles. The van der Waals surface area contributed by atoms with E-state index in [0.29, 0.717) is 33.2 Å². The second kappa shape index (κ2) is 33.2. The van der Waals surface area contributed by atoms with Gasteiger partial charge in [-0.3, -0.25) is 0 Å². The molecule has 0 bridgehead atoms. The molecule has 14 aromatic rings. The summed E-state index contributed by atoms with van der Waals surface area (Å²) >= 11 is 19.2. The maximum absolute atomic E-state index is 5.73. The number of hydrogen-bond donors (Lipinski definition) is 0. The molecule has 14 rings (SSSR count). The second-order valence-electron chi connectivity index (χ2n) is 28.8. The molecule has 0 aliphatic heterocycles. The number of aromatic nitrogens is 8. The number of fused-ring (bicyclic) bond motifs is 4. The van der Waals surface area contributed by atoms with E-state index in [1.165, 1.54) is 101 Å². The Morgan fingerprint density at radius 3 is 0.961 bits per heavy atom. The molecule has 0 unspecified atom stereocenters. The van der Waals surface area contributed by atoms with Crippen molar-refractivity contribution in [2.45, 2.75) is 225 Å². The Kier molecular flexibility index (Phi) is 25.9. The Balaban J connectivity index is 0.000000208. The summed E-state index contributed by atoms with van der Waals surface area (Å²) in [6.45, 7) is 43.1. The molecule has 23 heteroatoms. The Morgan fingerprint density at radius 1 is 0.343 bits per heavy atom. The summed E-state index contributed by atoms with van der Waals surface area (Å²) in [5.74, 6) is 0. The maximum Gasteiger partial charge on any atom is 0.134 e. The number of rotatable bonds is 26.